The van der Waals surface area contributed by atoms with Gasteiger partial charge >= 0.3 is 0 Å². The van der Waals surface area contributed by atoms with Crippen molar-refractivity contribution in [1.82, 2.24) is 9.80 Å². The second kappa shape index (κ2) is 7.30. The molecule has 23 heavy (non-hydrogen) atoms. The van der Waals surface area contributed by atoms with Crippen LogP contribution in [0.4, 0.5) is 0 Å². The summed E-state index contributed by atoms with van der Waals surface area (Å²) in [5, 5.41) is 10.8. The molecule has 1 aliphatic heterocycles. The number of β-amino-alcohol motifs (C(OH)–C–C–N with tert-alkyl or cyclic N) is 1. The average molecular weight is 340 g/mol. The summed E-state index contributed by atoms with van der Waals surface area (Å²) >= 11 is 0. The zero-order chi connectivity index (χ0) is 17.1. The van der Waals surface area contributed by atoms with Crippen molar-refractivity contribution in [2.24, 2.45) is 0 Å². The summed E-state index contributed by atoms with van der Waals surface area (Å²) in [5.74, 6) is 0. The Bertz CT molecular complexity index is 611. The summed E-state index contributed by atoms with van der Waals surface area (Å²) < 4.78 is 23.1. The Morgan fingerprint density at radius 1 is 1.09 bits per heavy atom. The summed E-state index contributed by atoms with van der Waals surface area (Å²) in [6, 6.07) is 6.57. The van der Waals surface area contributed by atoms with Crippen LogP contribution in [0.2, 0.25) is 0 Å². The van der Waals surface area contributed by atoms with Crippen molar-refractivity contribution in [2.75, 3.05) is 45.5 Å². The molecule has 1 atom stereocenters. The number of benzene rings is 1. The monoisotopic (exact) mass is 340 g/mol. The Morgan fingerprint density at radius 3 is 2.22 bits per heavy atom. The fraction of sp³-hybridized carbons (Fsp3) is 0.647. The molecule has 1 aromatic rings. The molecule has 0 aliphatic carbocycles. The summed E-state index contributed by atoms with van der Waals surface area (Å²) in [4.78, 5) is 5.00. The maximum Gasteiger partial charge on any atom is 0.175 e. The summed E-state index contributed by atoms with van der Waals surface area (Å²) in [6.45, 7) is 9.66. The number of likely N-dealkylation sites (N-methyl/N-ethyl adjacent to an activating group) is 1. The van der Waals surface area contributed by atoms with Gasteiger partial charge in [-0.3, -0.25) is 4.90 Å². The third-order valence-corrected chi connectivity index (χ3v) is 5.69. The highest BCUT2D eigenvalue weighted by Gasteiger charge is 2.27. The van der Waals surface area contributed by atoms with E-state index in [1.165, 1.54) is 6.26 Å². The lowest BCUT2D eigenvalue weighted by atomic mass is 9.95. The molecule has 6 heteroatoms. The Labute approximate surface area is 139 Å². The first-order chi connectivity index (χ1) is 10.7. The molecule has 1 aromatic carbocycles. The van der Waals surface area contributed by atoms with Crippen LogP contribution < -0.4 is 0 Å². The van der Waals surface area contributed by atoms with E-state index in [-0.39, 0.29) is 4.90 Å². The van der Waals surface area contributed by atoms with Gasteiger partial charge in [0.2, 0.25) is 0 Å². The van der Waals surface area contributed by atoms with E-state index in [9.17, 15) is 13.5 Å². The molecule has 0 aromatic heterocycles. The molecule has 0 amide bonds. The van der Waals surface area contributed by atoms with Crippen LogP contribution in [0.5, 0.6) is 0 Å². The van der Waals surface area contributed by atoms with Gasteiger partial charge in [0.15, 0.2) is 9.84 Å². The summed E-state index contributed by atoms with van der Waals surface area (Å²) in [5.41, 5.74) is -0.237. The number of hydrogen-bond donors (Lipinski definition) is 1. The Balaban J connectivity index is 2.06. The molecule has 1 saturated heterocycles. The first-order valence-corrected chi connectivity index (χ1v) is 10.1. The number of nitrogens with zero attached hydrogens (tertiary/aromatic N) is 2. The third kappa shape index (κ3) is 5.01. The first kappa shape index (κ1) is 18.4. The molecule has 1 fully saturated rings. The van der Waals surface area contributed by atoms with Crippen LogP contribution in [-0.4, -0.2) is 68.8 Å². The van der Waals surface area contributed by atoms with Crippen LogP contribution in [0, 0.1) is 0 Å². The topological polar surface area (TPSA) is 60.9 Å². The lowest BCUT2D eigenvalue weighted by Crippen LogP contribution is -2.40. The van der Waals surface area contributed by atoms with Crippen LogP contribution in [0.25, 0.3) is 0 Å². The highest BCUT2D eigenvalue weighted by atomic mass is 32.2. The second-order valence-electron chi connectivity index (χ2n) is 6.63. The minimum Gasteiger partial charge on any atom is -0.384 e. The van der Waals surface area contributed by atoms with Crippen LogP contribution in [0.3, 0.4) is 0 Å². The van der Waals surface area contributed by atoms with E-state index in [1.807, 2.05) is 0 Å². The standard InChI is InChI=1S/C17H28N2O3S/c1-4-18-10-5-11-19(13-12-18)14-17(2,20)15-6-8-16(9-7-15)23(3,21)22/h6-9,20H,4-5,10-14H2,1-3H3/t17-/m1/s1. The van der Waals surface area contributed by atoms with Crippen LogP contribution in [0.15, 0.2) is 29.2 Å². The highest BCUT2D eigenvalue weighted by Crippen LogP contribution is 2.24. The van der Waals surface area contributed by atoms with Gasteiger partial charge in [-0.2, -0.15) is 0 Å². The number of sulfone groups is 1. The molecule has 0 unspecified atom stereocenters. The smallest absolute Gasteiger partial charge is 0.175 e. The quantitative estimate of drug-likeness (QED) is 0.876. The van der Waals surface area contributed by atoms with Crippen LogP contribution in [0.1, 0.15) is 25.8 Å². The summed E-state index contributed by atoms with van der Waals surface area (Å²) in [7, 11) is -3.20. The van der Waals surface area contributed by atoms with Gasteiger partial charge in [0.25, 0.3) is 0 Å². The van der Waals surface area contributed by atoms with E-state index in [2.05, 4.69) is 16.7 Å². The molecule has 2 rings (SSSR count). The minimum absolute atomic E-state index is 0.283. The molecule has 0 spiro atoms. The number of aliphatic hydroxyl groups is 1. The molecule has 0 saturated carbocycles. The van der Waals surface area contributed by atoms with E-state index in [0.717, 1.165) is 44.7 Å². The average Bonchev–Trinajstić information content (AvgIpc) is 2.71. The maximum atomic E-state index is 11.5. The van der Waals surface area contributed by atoms with Gasteiger partial charge in [-0.15, -0.1) is 0 Å². The Morgan fingerprint density at radius 2 is 1.65 bits per heavy atom. The van der Waals surface area contributed by atoms with Crippen molar-refractivity contribution in [1.29, 1.82) is 0 Å². The van der Waals surface area contributed by atoms with Crippen molar-refractivity contribution in [3.05, 3.63) is 29.8 Å². The molecule has 1 aliphatic rings. The maximum absolute atomic E-state index is 11.5. The fourth-order valence-corrected chi connectivity index (χ4v) is 3.72. The molecule has 5 nitrogen and oxygen atoms in total. The van der Waals surface area contributed by atoms with Gasteiger partial charge < -0.3 is 10.0 Å². The zero-order valence-electron chi connectivity index (χ0n) is 14.3. The minimum atomic E-state index is -3.20. The van der Waals surface area contributed by atoms with Crippen molar-refractivity contribution in [3.63, 3.8) is 0 Å². The molecule has 1 N–H and O–H groups in total. The van der Waals surface area contributed by atoms with Gasteiger partial charge in [0.05, 0.1) is 10.5 Å². The Hall–Kier alpha value is -0.950. The highest BCUT2D eigenvalue weighted by molar-refractivity contribution is 7.90. The van der Waals surface area contributed by atoms with E-state index in [1.54, 1.807) is 31.2 Å². The molecule has 130 valence electrons. The number of hydrogen-bond acceptors (Lipinski definition) is 5. The van der Waals surface area contributed by atoms with E-state index in [4.69, 9.17) is 0 Å². The normalized spacial score (nSPS) is 20.9. The molecular weight excluding hydrogens is 312 g/mol. The second-order valence-corrected chi connectivity index (χ2v) is 8.65. The van der Waals surface area contributed by atoms with Crippen LogP contribution in [-0.2, 0) is 15.4 Å². The molecule has 0 bridgehead atoms. The van der Waals surface area contributed by atoms with E-state index in [0.29, 0.717) is 6.54 Å². The lowest BCUT2D eigenvalue weighted by molar-refractivity contribution is 0.0170. The van der Waals surface area contributed by atoms with Gasteiger partial charge in [0, 0.05) is 25.9 Å². The summed E-state index contributed by atoms with van der Waals surface area (Å²) in [6.07, 6.45) is 2.30. The predicted octanol–water partition coefficient (Wildman–Crippen LogP) is 1.33. The van der Waals surface area contributed by atoms with Crippen LogP contribution >= 0.6 is 0 Å². The first-order valence-electron chi connectivity index (χ1n) is 8.20. The third-order valence-electron chi connectivity index (χ3n) is 4.56. The van der Waals surface area contributed by atoms with Gasteiger partial charge in [-0.25, -0.2) is 8.42 Å². The lowest BCUT2D eigenvalue weighted by Gasteiger charge is -2.31. The van der Waals surface area contributed by atoms with Crippen molar-refractivity contribution >= 4 is 9.84 Å². The fourth-order valence-electron chi connectivity index (χ4n) is 3.09. The predicted molar refractivity (Wildman–Crippen MR) is 92.3 cm³/mol. The largest absolute Gasteiger partial charge is 0.384 e. The van der Waals surface area contributed by atoms with E-state index < -0.39 is 15.4 Å². The molecule has 0 radical (unpaired) electrons. The van der Waals surface area contributed by atoms with Gasteiger partial charge in [0.1, 0.15) is 0 Å². The van der Waals surface area contributed by atoms with Crippen molar-refractivity contribution < 1.29 is 13.5 Å². The van der Waals surface area contributed by atoms with Crippen molar-refractivity contribution in [2.45, 2.75) is 30.8 Å². The molecule has 1 heterocycles. The molecular formula is C17H28N2O3S. The zero-order valence-corrected chi connectivity index (χ0v) is 15.1. The van der Waals surface area contributed by atoms with Crippen molar-refractivity contribution in [3.8, 4) is 0 Å². The van der Waals surface area contributed by atoms with Gasteiger partial charge in [-0.05, 0) is 50.7 Å². The van der Waals surface area contributed by atoms with E-state index >= 15 is 0 Å². The number of rotatable bonds is 5. The Kier molecular flexibility index (Phi) is 5.84. The SMILES string of the molecule is CCN1CCCN(C[C@@](C)(O)c2ccc(S(C)(=O)=O)cc2)CC1. The van der Waals surface area contributed by atoms with Gasteiger partial charge in [-0.1, -0.05) is 19.1 Å².